The predicted molar refractivity (Wildman–Crippen MR) is 43.6 cm³/mol. The number of nitrogens with two attached hydrogens (primary N) is 1. The highest BCUT2D eigenvalue weighted by Gasteiger charge is 2.05. The van der Waals surface area contributed by atoms with Crippen molar-refractivity contribution in [2.24, 2.45) is 5.73 Å². The first-order valence-electron chi connectivity index (χ1n) is 3.50. The van der Waals surface area contributed by atoms with Crippen molar-refractivity contribution in [1.82, 2.24) is 5.48 Å². The van der Waals surface area contributed by atoms with Gasteiger partial charge >= 0.3 is 0 Å². The van der Waals surface area contributed by atoms with Crippen LogP contribution in [-0.4, -0.2) is 11.1 Å². The van der Waals surface area contributed by atoms with Gasteiger partial charge in [0, 0.05) is 12.1 Å². The molecule has 1 rings (SSSR count). The van der Waals surface area contributed by atoms with Gasteiger partial charge in [-0.15, -0.1) is 0 Å². The lowest BCUT2D eigenvalue weighted by atomic mass is 10.1. The maximum atomic E-state index is 10.8. The van der Waals surface area contributed by atoms with E-state index in [1.54, 1.807) is 24.3 Å². The number of rotatable bonds is 3. The molecule has 0 unspecified atom stereocenters. The minimum atomic E-state index is -0.485. The highest BCUT2D eigenvalue weighted by Crippen LogP contribution is 2.06. The second-order valence-corrected chi connectivity index (χ2v) is 2.36. The van der Waals surface area contributed by atoms with Crippen LogP contribution in [0.3, 0.4) is 0 Å². The molecule has 1 aromatic rings. The number of hydroxylamine groups is 1. The average molecular weight is 166 g/mol. The zero-order valence-electron chi connectivity index (χ0n) is 6.45. The van der Waals surface area contributed by atoms with Crippen molar-refractivity contribution in [2.75, 3.05) is 0 Å². The van der Waals surface area contributed by atoms with E-state index in [2.05, 4.69) is 0 Å². The van der Waals surface area contributed by atoms with Gasteiger partial charge in [0.15, 0.2) is 0 Å². The van der Waals surface area contributed by atoms with E-state index in [1.807, 2.05) is 5.48 Å². The van der Waals surface area contributed by atoms with E-state index in [1.165, 1.54) is 0 Å². The smallest absolute Gasteiger partial charge is 0.249 e. The molecule has 0 aliphatic rings. The van der Waals surface area contributed by atoms with E-state index in [0.717, 1.165) is 0 Å². The van der Waals surface area contributed by atoms with Crippen LogP contribution in [-0.2, 0) is 6.54 Å². The van der Waals surface area contributed by atoms with Crippen molar-refractivity contribution < 1.29 is 10.0 Å². The standard InChI is InChI=1S/C8H10N2O2/c9-8(11)7-4-2-1-3-6(7)5-10-12/h1-4,10,12H,5H2,(H2,9,11). The van der Waals surface area contributed by atoms with Crippen molar-refractivity contribution in [1.29, 1.82) is 0 Å². The van der Waals surface area contributed by atoms with Gasteiger partial charge in [0.1, 0.15) is 0 Å². The van der Waals surface area contributed by atoms with E-state index in [-0.39, 0.29) is 6.54 Å². The van der Waals surface area contributed by atoms with Crippen LogP contribution < -0.4 is 11.2 Å². The van der Waals surface area contributed by atoms with Crippen molar-refractivity contribution in [3.8, 4) is 0 Å². The van der Waals surface area contributed by atoms with Crippen LogP contribution in [0.25, 0.3) is 0 Å². The van der Waals surface area contributed by atoms with Gasteiger partial charge in [0.05, 0.1) is 0 Å². The number of hydrogen-bond acceptors (Lipinski definition) is 3. The van der Waals surface area contributed by atoms with E-state index >= 15 is 0 Å². The highest BCUT2D eigenvalue weighted by atomic mass is 16.5. The number of primary amides is 1. The van der Waals surface area contributed by atoms with Gasteiger partial charge in [-0.25, -0.2) is 5.48 Å². The number of carbonyl (C=O) groups is 1. The summed E-state index contributed by atoms with van der Waals surface area (Å²) < 4.78 is 0. The quantitative estimate of drug-likeness (QED) is 0.564. The van der Waals surface area contributed by atoms with Crippen LogP contribution in [0, 0.1) is 0 Å². The molecule has 4 nitrogen and oxygen atoms in total. The van der Waals surface area contributed by atoms with Crippen LogP contribution in [0.4, 0.5) is 0 Å². The molecule has 0 aliphatic heterocycles. The van der Waals surface area contributed by atoms with Gasteiger partial charge in [-0.2, -0.15) is 0 Å². The van der Waals surface area contributed by atoms with Crippen molar-refractivity contribution in [3.63, 3.8) is 0 Å². The predicted octanol–water partition coefficient (Wildman–Crippen LogP) is 0.264. The van der Waals surface area contributed by atoms with Gasteiger partial charge in [0.25, 0.3) is 0 Å². The Morgan fingerprint density at radius 1 is 1.50 bits per heavy atom. The normalized spacial score (nSPS) is 9.75. The Hall–Kier alpha value is -1.39. The zero-order valence-corrected chi connectivity index (χ0v) is 6.45. The number of nitrogens with one attached hydrogen (secondary N) is 1. The molecular weight excluding hydrogens is 156 g/mol. The lowest BCUT2D eigenvalue weighted by molar-refractivity contribution is 0.0998. The average Bonchev–Trinajstić information content (AvgIpc) is 2.05. The van der Waals surface area contributed by atoms with Gasteiger partial charge in [-0.1, -0.05) is 18.2 Å². The zero-order chi connectivity index (χ0) is 8.97. The summed E-state index contributed by atoms with van der Waals surface area (Å²) in [6.07, 6.45) is 0. The Morgan fingerprint density at radius 2 is 2.17 bits per heavy atom. The van der Waals surface area contributed by atoms with E-state index in [4.69, 9.17) is 10.9 Å². The van der Waals surface area contributed by atoms with E-state index in [0.29, 0.717) is 11.1 Å². The Morgan fingerprint density at radius 3 is 2.75 bits per heavy atom. The maximum absolute atomic E-state index is 10.8. The first-order valence-corrected chi connectivity index (χ1v) is 3.50. The number of carbonyl (C=O) groups excluding carboxylic acids is 1. The molecular formula is C8H10N2O2. The van der Waals surface area contributed by atoms with Crippen LogP contribution >= 0.6 is 0 Å². The van der Waals surface area contributed by atoms with Gasteiger partial charge < -0.3 is 10.9 Å². The highest BCUT2D eigenvalue weighted by molar-refractivity contribution is 5.94. The van der Waals surface area contributed by atoms with Crippen molar-refractivity contribution in [2.45, 2.75) is 6.54 Å². The second-order valence-electron chi connectivity index (χ2n) is 2.36. The van der Waals surface area contributed by atoms with Gasteiger partial charge in [-0.3, -0.25) is 4.79 Å². The second kappa shape index (κ2) is 3.85. The number of amides is 1. The summed E-state index contributed by atoms with van der Waals surface area (Å²) in [4.78, 5) is 10.8. The molecule has 0 spiro atoms. The fourth-order valence-electron chi connectivity index (χ4n) is 1.00. The molecule has 1 aromatic carbocycles. The Balaban J connectivity index is 3.00. The van der Waals surface area contributed by atoms with E-state index in [9.17, 15) is 4.79 Å². The van der Waals surface area contributed by atoms with Gasteiger partial charge in [-0.05, 0) is 11.6 Å². The molecule has 0 radical (unpaired) electrons. The summed E-state index contributed by atoms with van der Waals surface area (Å²) in [5.74, 6) is -0.485. The Labute approximate surface area is 70.0 Å². The Kier molecular flexibility index (Phi) is 2.79. The first-order chi connectivity index (χ1) is 5.75. The van der Waals surface area contributed by atoms with Crippen molar-refractivity contribution in [3.05, 3.63) is 35.4 Å². The minimum absolute atomic E-state index is 0.221. The number of benzene rings is 1. The third-order valence-corrected chi connectivity index (χ3v) is 1.55. The molecule has 0 fully saturated rings. The molecule has 4 N–H and O–H groups in total. The van der Waals surface area contributed by atoms with Crippen LogP contribution in [0.15, 0.2) is 24.3 Å². The molecule has 4 heteroatoms. The molecule has 0 heterocycles. The third-order valence-electron chi connectivity index (χ3n) is 1.55. The van der Waals surface area contributed by atoms with Crippen LogP contribution in [0.2, 0.25) is 0 Å². The first kappa shape index (κ1) is 8.70. The van der Waals surface area contributed by atoms with Crippen LogP contribution in [0.5, 0.6) is 0 Å². The summed E-state index contributed by atoms with van der Waals surface area (Å²) in [5.41, 5.74) is 8.19. The molecule has 0 atom stereocenters. The van der Waals surface area contributed by atoms with Crippen LogP contribution in [0.1, 0.15) is 15.9 Å². The molecule has 0 aromatic heterocycles. The number of hydrogen-bond donors (Lipinski definition) is 3. The molecule has 0 bridgehead atoms. The summed E-state index contributed by atoms with van der Waals surface area (Å²) in [6, 6.07) is 6.85. The molecule has 0 aliphatic carbocycles. The van der Waals surface area contributed by atoms with Crippen molar-refractivity contribution >= 4 is 5.91 Å². The fraction of sp³-hybridized carbons (Fsp3) is 0.125. The third kappa shape index (κ3) is 1.81. The largest absolute Gasteiger partial charge is 0.366 e. The maximum Gasteiger partial charge on any atom is 0.249 e. The lowest BCUT2D eigenvalue weighted by Gasteiger charge is -2.03. The Bertz CT molecular complexity index is 286. The molecule has 64 valence electrons. The monoisotopic (exact) mass is 166 g/mol. The molecule has 0 saturated carbocycles. The summed E-state index contributed by atoms with van der Waals surface area (Å²) >= 11 is 0. The summed E-state index contributed by atoms with van der Waals surface area (Å²) in [7, 11) is 0. The SMILES string of the molecule is NC(=O)c1ccccc1CNO. The molecule has 0 saturated heterocycles. The minimum Gasteiger partial charge on any atom is -0.366 e. The summed E-state index contributed by atoms with van der Waals surface area (Å²) in [6.45, 7) is 0.221. The molecule has 12 heavy (non-hydrogen) atoms. The fourth-order valence-corrected chi connectivity index (χ4v) is 1.00. The molecule has 1 amide bonds. The summed E-state index contributed by atoms with van der Waals surface area (Å²) in [5, 5.41) is 8.42. The van der Waals surface area contributed by atoms with Gasteiger partial charge in [0.2, 0.25) is 5.91 Å². The lowest BCUT2D eigenvalue weighted by Crippen LogP contribution is -2.16. The topological polar surface area (TPSA) is 75.4 Å². The van der Waals surface area contributed by atoms with E-state index < -0.39 is 5.91 Å².